The average molecular weight is 388 g/mol. The Hall–Kier alpha value is -1.23. The van der Waals surface area contributed by atoms with E-state index in [-0.39, 0.29) is 12.1 Å². The molecular formula is C15H13BrCl2N2O. The van der Waals surface area contributed by atoms with Gasteiger partial charge in [-0.25, -0.2) is 4.79 Å². The molecule has 2 aromatic rings. The highest BCUT2D eigenvalue weighted by molar-refractivity contribution is 9.10. The summed E-state index contributed by atoms with van der Waals surface area (Å²) in [4.78, 5) is 12.0. The van der Waals surface area contributed by atoms with Gasteiger partial charge in [-0.3, -0.25) is 0 Å². The number of anilines is 1. The van der Waals surface area contributed by atoms with Crippen molar-refractivity contribution in [2.75, 3.05) is 5.32 Å². The van der Waals surface area contributed by atoms with Gasteiger partial charge in [0.1, 0.15) is 0 Å². The average Bonchev–Trinajstić information content (AvgIpc) is 2.43. The third-order valence-corrected chi connectivity index (χ3v) is 4.11. The van der Waals surface area contributed by atoms with Crippen molar-refractivity contribution in [1.29, 1.82) is 0 Å². The second kappa shape index (κ2) is 7.16. The molecule has 110 valence electrons. The minimum atomic E-state index is -0.305. The Balaban J connectivity index is 1.99. The van der Waals surface area contributed by atoms with Gasteiger partial charge in [0, 0.05) is 10.2 Å². The van der Waals surface area contributed by atoms with Gasteiger partial charge in [-0.05, 0) is 42.8 Å². The molecule has 0 radical (unpaired) electrons. The topological polar surface area (TPSA) is 41.1 Å². The van der Waals surface area contributed by atoms with Gasteiger partial charge in [-0.1, -0.05) is 51.3 Å². The summed E-state index contributed by atoms with van der Waals surface area (Å²) in [7, 11) is 0. The maximum absolute atomic E-state index is 12.0. The first-order valence-corrected chi connectivity index (χ1v) is 7.78. The van der Waals surface area contributed by atoms with Crippen LogP contribution < -0.4 is 10.6 Å². The summed E-state index contributed by atoms with van der Waals surface area (Å²) in [5.74, 6) is 0. The number of benzene rings is 2. The van der Waals surface area contributed by atoms with Gasteiger partial charge in [0.2, 0.25) is 0 Å². The van der Waals surface area contributed by atoms with Crippen LogP contribution in [0.5, 0.6) is 0 Å². The zero-order valence-electron chi connectivity index (χ0n) is 11.2. The van der Waals surface area contributed by atoms with E-state index in [0.717, 1.165) is 10.0 Å². The summed E-state index contributed by atoms with van der Waals surface area (Å²) >= 11 is 15.1. The Bertz CT molecular complexity index is 664. The maximum Gasteiger partial charge on any atom is 0.319 e. The molecular weight excluding hydrogens is 375 g/mol. The van der Waals surface area contributed by atoms with Crippen molar-refractivity contribution < 1.29 is 4.79 Å². The molecule has 6 heteroatoms. The molecule has 0 bridgehead atoms. The van der Waals surface area contributed by atoms with Crippen molar-refractivity contribution in [3.05, 3.63) is 62.5 Å². The standard InChI is InChI=1S/C15H13BrCl2N2O/c1-9(10-3-2-4-11(16)7-10)19-15(21)20-12-5-6-13(17)14(18)8-12/h2-9H,1H3,(H2,19,20,21). The fourth-order valence-electron chi connectivity index (χ4n) is 1.80. The minimum absolute atomic E-state index is 0.120. The molecule has 2 aromatic carbocycles. The van der Waals surface area contributed by atoms with Gasteiger partial charge < -0.3 is 10.6 Å². The second-order valence-corrected chi connectivity index (χ2v) is 6.23. The number of halogens is 3. The second-order valence-electron chi connectivity index (χ2n) is 4.50. The van der Waals surface area contributed by atoms with Gasteiger partial charge >= 0.3 is 6.03 Å². The predicted octanol–water partition coefficient (Wildman–Crippen LogP) is 5.64. The number of carbonyl (C=O) groups excluding carboxylic acids is 1. The Kier molecular flexibility index (Phi) is 5.51. The lowest BCUT2D eigenvalue weighted by Gasteiger charge is -2.15. The number of hydrogen-bond acceptors (Lipinski definition) is 1. The fourth-order valence-corrected chi connectivity index (χ4v) is 2.51. The van der Waals surface area contributed by atoms with Crippen LogP contribution in [-0.2, 0) is 0 Å². The van der Waals surface area contributed by atoms with E-state index < -0.39 is 0 Å². The minimum Gasteiger partial charge on any atom is -0.331 e. The molecule has 2 rings (SSSR count). The molecule has 0 aliphatic carbocycles. The smallest absolute Gasteiger partial charge is 0.319 e. The monoisotopic (exact) mass is 386 g/mol. The maximum atomic E-state index is 12.0. The highest BCUT2D eigenvalue weighted by Crippen LogP contribution is 2.25. The van der Waals surface area contributed by atoms with Gasteiger partial charge in [0.15, 0.2) is 0 Å². The summed E-state index contributed by atoms with van der Waals surface area (Å²) in [5, 5.41) is 6.43. The van der Waals surface area contributed by atoms with Gasteiger partial charge in [0.05, 0.1) is 16.1 Å². The lowest BCUT2D eigenvalue weighted by Crippen LogP contribution is -2.31. The van der Waals surface area contributed by atoms with Crippen molar-refractivity contribution in [3.63, 3.8) is 0 Å². The molecule has 0 aliphatic rings. The van der Waals surface area contributed by atoms with E-state index in [0.29, 0.717) is 15.7 Å². The number of rotatable bonds is 3. The van der Waals surface area contributed by atoms with Crippen LogP contribution in [0.15, 0.2) is 46.9 Å². The van der Waals surface area contributed by atoms with Crippen LogP contribution in [0.25, 0.3) is 0 Å². The molecule has 0 saturated heterocycles. The fraction of sp³-hybridized carbons (Fsp3) is 0.133. The van der Waals surface area contributed by atoms with Crippen LogP contribution in [-0.4, -0.2) is 6.03 Å². The molecule has 1 atom stereocenters. The van der Waals surface area contributed by atoms with E-state index >= 15 is 0 Å². The van der Waals surface area contributed by atoms with Crippen molar-refractivity contribution in [2.45, 2.75) is 13.0 Å². The first-order chi connectivity index (χ1) is 9.95. The zero-order valence-corrected chi connectivity index (χ0v) is 14.3. The summed E-state index contributed by atoms with van der Waals surface area (Å²) in [6.45, 7) is 1.91. The SMILES string of the molecule is CC(NC(=O)Nc1ccc(Cl)c(Cl)c1)c1cccc(Br)c1. The molecule has 0 aliphatic heterocycles. The highest BCUT2D eigenvalue weighted by Gasteiger charge is 2.10. The van der Waals surface area contributed by atoms with E-state index in [1.807, 2.05) is 31.2 Å². The molecule has 0 fully saturated rings. The zero-order chi connectivity index (χ0) is 15.4. The molecule has 0 aromatic heterocycles. The normalized spacial score (nSPS) is 11.8. The van der Waals surface area contributed by atoms with Crippen molar-refractivity contribution in [3.8, 4) is 0 Å². The third-order valence-electron chi connectivity index (χ3n) is 2.87. The number of carbonyl (C=O) groups is 1. The molecule has 0 spiro atoms. The number of urea groups is 1. The highest BCUT2D eigenvalue weighted by atomic mass is 79.9. The third kappa shape index (κ3) is 4.63. The van der Waals surface area contributed by atoms with E-state index in [2.05, 4.69) is 26.6 Å². The summed E-state index contributed by atoms with van der Waals surface area (Å²) in [6.07, 6.45) is 0. The Morgan fingerprint density at radius 3 is 2.57 bits per heavy atom. The number of nitrogens with one attached hydrogen (secondary N) is 2. The van der Waals surface area contributed by atoms with E-state index in [1.165, 1.54) is 0 Å². The van der Waals surface area contributed by atoms with Gasteiger partial charge in [-0.15, -0.1) is 0 Å². The van der Waals surface area contributed by atoms with Crippen molar-refractivity contribution in [1.82, 2.24) is 5.32 Å². The van der Waals surface area contributed by atoms with Crippen LogP contribution in [0.3, 0.4) is 0 Å². The van der Waals surface area contributed by atoms with E-state index in [9.17, 15) is 4.79 Å². The quantitative estimate of drug-likeness (QED) is 0.702. The molecule has 0 heterocycles. The Morgan fingerprint density at radius 1 is 1.14 bits per heavy atom. The molecule has 2 N–H and O–H groups in total. The van der Waals surface area contributed by atoms with Crippen LogP contribution in [0.2, 0.25) is 10.0 Å². The first kappa shape index (κ1) is 16.1. The van der Waals surface area contributed by atoms with E-state index in [4.69, 9.17) is 23.2 Å². The Morgan fingerprint density at radius 2 is 1.90 bits per heavy atom. The molecule has 0 saturated carbocycles. The van der Waals surface area contributed by atoms with Crippen LogP contribution >= 0.6 is 39.1 Å². The summed E-state index contributed by atoms with van der Waals surface area (Å²) in [6, 6.07) is 12.3. The first-order valence-electron chi connectivity index (χ1n) is 6.24. The molecule has 3 nitrogen and oxygen atoms in total. The van der Waals surface area contributed by atoms with Crippen LogP contribution in [0.1, 0.15) is 18.5 Å². The van der Waals surface area contributed by atoms with Crippen LogP contribution in [0.4, 0.5) is 10.5 Å². The lowest BCUT2D eigenvalue weighted by molar-refractivity contribution is 0.249. The van der Waals surface area contributed by atoms with E-state index in [1.54, 1.807) is 18.2 Å². The largest absolute Gasteiger partial charge is 0.331 e. The van der Waals surface area contributed by atoms with Gasteiger partial charge in [0.25, 0.3) is 0 Å². The van der Waals surface area contributed by atoms with Gasteiger partial charge in [-0.2, -0.15) is 0 Å². The molecule has 21 heavy (non-hydrogen) atoms. The molecule has 1 unspecified atom stereocenters. The Labute approximate surface area is 141 Å². The van der Waals surface area contributed by atoms with Crippen molar-refractivity contribution >= 4 is 50.9 Å². The summed E-state index contributed by atoms with van der Waals surface area (Å²) in [5.41, 5.74) is 1.59. The lowest BCUT2D eigenvalue weighted by atomic mass is 10.1. The van der Waals surface area contributed by atoms with Crippen LogP contribution in [0, 0.1) is 0 Å². The number of hydrogen-bond donors (Lipinski definition) is 2. The van der Waals surface area contributed by atoms with Crippen molar-refractivity contribution in [2.24, 2.45) is 0 Å². The predicted molar refractivity (Wildman–Crippen MR) is 91.2 cm³/mol. The number of amides is 2. The summed E-state index contributed by atoms with van der Waals surface area (Å²) < 4.78 is 0.971. The molecule has 2 amide bonds.